The molecule has 96 valence electrons. The quantitative estimate of drug-likeness (QED) is 0.738. The summed E-state index contributed by atoms with van der Waals surface area (Å²) in [6, 6.07) is 3.53. The van der Waals surface area contributed by atoms with E-state index in [9.17, 15) is 18.0 Å². The topological polar surface area (TPSA) is 43.6 Å². The molecular formula is C11H9F3N2O2. The van der Waals surface area contributed by atoms with E-state index in [1.165, 1.54) is 19.1 Å². The molecule has 4 nitrogen and oxygen atoms in total. The summed E-state index contributed by atoms with van der Waals surface area (Å²) in [4.78, 5) is 15.5. The number of methoxy groups -OCH3 is 1. The molecule has 0 spiro atoms. The molecule has 2 rings (SSSR count). The third-order valence-electron chi connectivity index (χ3n) is 2.49. The Morgan fingerprint density at radius 1 is 1.39 bits per heavy atom. The minimum absolute atomic E-state index is 0.0581. The minimum atomic E-state index is -4.57. The van der Waals surface area contributed by atoms with Crippen LogP contribution in [-0.4, -0.2) is 22.5 Å². The standard InChI is InChI=1S/C11H9F3N2O2/c1-6-9(10(17)18-2)16-7(11(12,13)14)4-3-5-8(16)15-6/h3-5H,1-2H3. The average molecular weight is 258 g/mol. The van der Waals surface area contributed by atoms with Crippen LogP contribution < -0.4 is 0 Å². The first-order valence-corrected chi connectivity index (χ1v) is 5.00. The zero-order valence-corrected chi connectivity index (χ0v) is 9.58. The van der Waals surface area contributed by atoms with Crippen molar-refractivity contribution in [2.75, 3.05) is 7.11 Å². The minimum Gasteiger partial charge on any atom is -0.464 e. The first kappa shape index (κ1) is 12.4. The van der Waals surface area contributed by atoms with Crippen molar-refractivity contribution in [2.45, 2.75) is 13.1 Å². The van der Waals surface area contributed by atoms with Gasteiger partial charge in [0.2, 0.25) is 0 Å². The molecule has 0 bridgehead atoms. The molecule has 0 N–H and O–H groups in total. The van der Waals surface area contributed by atoms with Crippen molar-refractivity contribution in [1.29, 1.82) is 0 Å². The summed E-state index contributed by atoms with van der Waals surface area (Å²) in [5.74, 6) is -0.850. The number of hydrogen-bond acceptors (Lipinski definition) is 3. The molecule has 0 saturated heterocycles. The van der Waals surface area contributed by atoms with Crippen molar-refractivity contribution >= 4 is 11.6 Å². The van der Waals surface area contributed by atoms with Crippen LogP contribution in [0.15, 0.2) is 18.2 Å². The highest BCUT2D eigenvalue weighted by atomic mass is 19.4. The maximum Gasteiger partial charge on any atom is 0.431 e. The molecule has 18 heavy (non-hydrogen) atoms. The van der Waals surface area contributed by atoms with Crippen molar-refractivity contribution in [3.63, 3.8) is 0 Å². The summed E-state index contributed by atoms with van der Waals surface area (Å²) >= 11 is 0. The summed E-state index contributed by atoms with van der Waals surface area (Å²) in [7, 11) is 1.11. The summed E-state index contributed by atoms with van der Waals surface area (Å²) in [5.41, 5.74) is -0.914. The summed E-state index contributed by atoms with van der Waals surface area (Å²) in [6.07, 6.45) is -4.57. The van der Waals surface area contributed by atoms with Crippen LogP contribution in [0.4, 0.5) is 13.2 Å². The van der Waals surface area contributed by atoms with E-state index in [1.807, 2.05) is 0 Å². The van der Waals surface area contributed by atoms with Crippen LogP contribution in [0.1, 0.15) is 21.9 Å². The summed E-state index contributed by atoms with van der Waals surface area (Å²) in [6.45, 7) is 1.46. The Morgan fingerprint density at radius 2 is 2.06 bits per heavy atom. The second-order valence-electron chi connectivity index (χ2n) is 3.64. The molecule has 0 aliphatic rings. The van der Waals surface area contributed by atoms with E-state index in [2.05, 4.69) is 9.72 Å². The van der Waals surface area contributed by atoms with E-state index < -0.39 is 17.8 Å². The van der Waals surface area contributed by atoms with Crippen LogP contribution in [0.2, 0.25) is 0 Å². The Hall–Kier alpha value is -2.05. The predicted octanol–water partition coefficient (Wildman–Crippen LogP) is 2.45. The van der Waals surface area contributed by atoms with Gasteiger partial charge >= 0.3 is 12.1 Å². The molecule has 0 atom stereocenters. The molecule has 2 aromatic heterocycles. The van der Waals surface area contributed by atoms with Crippen LogP contribution in [0.25, 0.3) is 5.65 Å². The van der Waals surface area contributed by atoms with Gasteiger partial charge in [-0.2, -0.15) is 13.2 Å². The van der Waals surface area contributed by atoms with E-state index in [-0.39, 0.29) is 17.0 Å². The Morgan fingerprint density at radius 3 is 2.61 bits per heavy atom. The van der Waals surface area contributed by atoms with Gasteiger partial charge in [0.15, 0.2) is 5.69 Å². The molecule has 2 aromatic rings. The summed E-state index contributed by atoms with van der Waals surface area (Å²) in [5, 5.41) is 0. The van der Waals surface area contributed by atoms with E-state index in [0.29, 0.717) is 0 Å². The fraction of sp³-hybridized carbons (Fsp3) is 0.273. The number of hydrogen-bond donors (Lipinski definition) is 0. The number of esters is 1. The normalized spacial score (nSPS) is 11.8. The molecule has 0 aromatic carbocycles. The number of nitrogens with zero attached hydrogens (tertiary/aromatic N) is 2. The van der Waals surface area contributed by atoms with Gasteiger partial charge in [-0.05, 0) is 19.1 Å². The van der Waals surface area contributed by atoms with Crippen LogP contribution >= 0.6 is 0 Å². The Labute approximate surface area is 100 Å². The predicted molar refractivity (Wildman–Crippen MR) is 56.3 cm³/mol. The number of aromatic nitrogens is 2. The van der Waals surface area contributed by atoms with E-state index in [4.69, 9.17) is 0 Å². The first-order valence-electron chi connectivity index (χ1n) is 5.00. The second-order valence-corrected chi connectivity index (χ2v) is 3.64. The van der Waals surface area contributed by atoms with Crippen LogP contribution in [0.3, 0.4) is 0 Å². The van der Waals surface area contributed by atoms with Gasteiger partial charge < -0.3 is 4.74 Å². The molecule has 0 amide bonds. The van der Waals surface area contributed by atoms with Gasteiger partial charge in [0, 0.05) is 0 Å². The highest BCUT2D eigenvalue weighted by Crippen LogP contribution is 2.31. The fourth-order valence-electron chi connectivity index (χ4n) is 1.76. The van der Waals surface area contributed by atoms with Crippen molar-refractivity contribution < 1.29 is 22.7 Å². The molecular weight excluding hydrogens is 249 g/mol. The molecule has 0 fully saturated rings. The lowest BCUT2D eigenvalue weighted by atomic mass is 10.3. The number of pyridine rings is 1. The molecule has 7 heteroatoms. The maximum absolute atomic E-state index is 12.9. The third kappa shape index (κ3) is 1.81. The number of rotatable bonds is 1. The number of carbonyl (C=O) groups excluding carboxylic acids is 1. The third-order valence-corrected chi connectivity index (χ3v) is 2.49. The van der Waals surface area contributed by atoms with Gasteiger partial charge in [-0.1, -0.05) is 6.07 Å². The lowest BCUT2D eigenvalue weighted by molar-refractivity contribution is -0.142. The van der Waals surface area contributed by atoms with Gasteiger partial charge in [-0.3, -0.25) is 4.40 Å². The van der Waals surface area contributed by atoms with Gasteiger partial charge in [0.25, 0.3) is 0 Å². The number of fused-ring (bicyclic) bond motifs is 1. The molecule has 0 aliphatic carbocycles. The second kappa shape index (κ2) is 4.01. The fourth-order valence-corrected chi connectivity index (χ4v) is 1.76. The number of alkyl halides is 3. The van der Waals surface area contributed by atoms with Gasteiger partial charge in [0.1, 0.15) is 11.3 Å². The molecule has 2 heterocycles. The molecule has 0 aliphatic heterocycles. The smallest absolute Gasteiger partial charge is 0.431 e. The van der Waals surface area contributed by atoms with Crippen LogP contribution in [0, 0.1) is 6.92 Å². The monoisotopic (exact) mass is 258 g/mol. The zero-order chi connectivity index (χ0) is 13.5. The number of ether oxygens (including phenoxy) is 1. The average Bonchev–Trinajstić information content (AvgIpc) is 2.62. The van der Waals surface area contributed by atoms with Gasteiger partial charge in [-0.15, -0.1) is 0 Å². The van der Waals surface area contributed by atoms with E-state index in [1.54, 1.807) is 0 Å². The Kier molecular flexibility index (Phi) is 2.76. The lowest BCUT2D eigenvalue weighted by Crippen LogP contribution is -2.16. The van der Waals surface area contributed by atoms with Crippen LogP contribution in [0.5, 0.6) is 0 Å². The largest absolute Gasteiger partial charge is 0.464 e. The number of carbonyl (C=O) groups is 1. The molecule has 0 unspecified atom stereocenters. The van der Waals surface area contributed by atoms with E-state index in [0.717, 1.165) is 17.6 Å². The van der Waals surface area contributed by atoms with Crippen molar-refractivity contribution in [1.82, 2.24) is 9.38 Å². The molecule has 0 saturated carbocycles. The molecule has 0 radical (unpaired) electrons. The SMILES string of the molecule is COC(=O)c1c(C)nc2cccc(C(F)(F)F)n12. The Bertz CT molecular complexity index is 617. The summed E-state index contributed by atoms with van der Waals surface area (Å²) < 4.78 is 43.9. The number of aryl methyl sites for hydroxylation is 1. The van der Waals surface area contributed by atoms with Crippen molar-refractivity contribution in [3.8, 4) is 0 Å². The van der Waals surface area contributed by atoms with E-state index >= 15 is 0 Å². The van der Waals surface area contributed by atoms with Gasteiger partial charge in [-0.25, -0.2) is 9.78 Å². The Balaban J connectivity index is 2.86. The van der Waals surface area contributed by atoms with Crippen molar-refractivity contribution in [3.05, 3.63) is 35.3 Å². The van der Waals surface area contributed by atoms with Crippen LogP contribution in [-0.2, 0) is 10.9 Å². The highest BCUT2D eigenvalue weighted by Gasteiger charge is 2.35. The number of imidazole rings is 1. The maximum atomic E-state index is 12.9. The highest BCUT2D eigenvalue weighted by molar-refractivity contribution is 5.90. The zero-order valence-electron chi connectivity index (χ0n) is 9.58. The number of halogens is 3. The lowest BCUT2D eigenvalue weighted by Gasteiger charge is -2.11. The van der Waals surface area contributed by atoms with Crippen molar-refractivity contribution in [2.24, 2.45) is 0 Å². The van der Waals surface area contributed by atoms with Gasteiger partial charge in [0.05, 0.1) is 12.8 Å². The first-order chi connectivity index (χ1) is 8.36.